The molecule has 1 fully saturated rings. The van der Waals surface area contributed by atoms with Crippen LogP contribution in [0.5, 0.6) is 11.5 Å². The van der Waals surface area contributed by atoms with E-state index in [1.165, 1.54) is 23.8 Å². The summed E-state index contributed by atoms with van der Waals surface area (Å²) in [5.41, 5.74) is 1.40. The summed E-state index contributed by atoms with van der Waals surface area (Å²) in [4.78, 5) is 26.2. The Morgan fingerprint density at radius 2 is 1.90 bits per heavy atom. The van der Waals surface area contributed by atoms with Crippen molar-refractivity contribution in [2.24, 2.45) is 0 Å². The standard InChI is InChI=1S/C21H18ClNO5S2/c1-3-27-17-10-13(4-9-16(17)28-12-19(24)26-2)11-18-20(25)23(21(29)30-18)15-7-5-14(22)6-8-15/h4-11H,3,12H2,1-2H3/b18-11-. The Morgan fingerprint density at radius 3 is 2.57 bits per heavy atom. The molecule has 0 atom stereocenters. The average Bonchev–Trinajstić information content (AvgIpc) is 3.01. The van der Waals surface area contributed by atoms with Gasteiger partial charge in [-0.15, -0.1) is 0 Å². The van der Waals surface area contributed by atoms with Gasteiger partial charge in [0.05, 0.1) is 24.3 Å². The highest BCUT2D eigenvalue weighted by atomic mass is 35.5. The Hall–Kier alpha value is -2.55. The zero-order valence-corrected chi connectivity index (χ0v) is 18.6. The van der Waals surface area contributed by atoms with E-state index < -0.39 is 5.97 Å². The summed E-state index contributed by atoms with van der Waals surface area (Å²) in [5.74, 6) is 0.167. The lowest BCUT2D eigenvalue weighted by Gasteiger charge is -2.14. The number of anilines is 1. The molecule has 0 bridgehead atoms. The smallest absolute Gasteiger partial charge is 0.343 e. The maximum absolute atomic E-state index is 12.9. The summed E-state index contributed by atoms with van der Waals surface area (Å²) in [5, 5.41) is 0.581. The minimum absolute atomic E-state index is 0.212. The lowest BCUT2D eigenvalue weighted by Crippen LogP contribution is -2.27. The SMILES string of the molecule is CCOc1cc(/C=C2\SC(=S)N(c3ccc(Cl)cc3)C2=O)ccc1OCC(=O)OC. The van der Waals surface area contributed by atoms with Crippen LogP contribution in [0.25, 0.3) is 6.08 Å². The van der Waals surface area contributed by atoms with Crippen LogP contribution in [0.1, 0.15) is 12.5 Å². The monoisotopic (exact) mass is 463 g/mol. The molecule has 0 N–H and O–H groups in total. The van der Waals surface area contributed by atoms with Crippen LogP contribution in [0.2, 0.25) is 5.02 Å². The number of halogens is 1. The Labute approximate surface area is 188 Å². The number of hydrogen-bond donors (Lipinski definition) is 0. The number of hydrogen-bond acceptors (Lipinski definition) is 7. The van der Waals surface area contributed by atoms with Gasteiger partial charge < -0.3 is 14.2 Å². The fraction of sp³-hybridized carbons (Fsp3) is 0.190. The first-order chi connectivity index (χ1) is 14.4. The van der Waals surface area contributed by atoms with Gasteiger partial charge in [0.15, 0.2) is 22.4 Å². The Kier molecular flexibility index (Phi) is 7.36. The van der Waals surface area contributed by atoms with Gasteiger partial charge in [0.25, 0.3) is 5.91 Å². The first-order valence-corrected chi connectivity index (χ1v) is 10.5. The second-order valence-electron chi connectivity index (χ2n) is 6.00. The Morgan fingerprint density at radius 1 is 1.17 bits per heavy atom. The van der Waals surface area contributed by atoms with Crippen molar-refractivity contribution in [2.75, 3.05) is 25.2 Å². The minimum Gasteiger partial charge on any atom is -0.490 e. The van der Waals surface area contributed by atoms with Crippen LogP contribution in [-0.2, 0) is 14.3 Å². The summed E-state index contributed by atoms with van der Waals surface area (Å²) in [6.07, 6.45) is 1.74. The van der Waals surface area contributed by atoms with E-state index >= 15 is 0 Å². The van der Waals surface area contributed by atoms with Crippen molar-refractivity contribution in [1.82, 2.24) is 0 Å². The minimum atomic E-state index is -0.493. The molecule has 3 rings (SSSR count). The number of carbonyl (C=O) groups excluding carboxylic acids is 2. The summed E-state index contributed by atoms with van der Waals surface area (Å²) >= 11 is 12.5. The molecule has 2 aromatic carbocycles. The Balaban J connectivity index is 1.84. The van der Waals surface area contributed by atoms with Crippen LogP contribution in [0.4, 0.5) is 5.69 Å². The number of carbonyl (C=O) groups is 2. The van der Waals surface area contributed by atoms with Gasteiger partial charge in [-0.1, -0.05) is 41.6 Å². The molecular weight excluding hydrogens is 446 g/mol. The van der Waals surface area contributed by atoms with Crippen LogP contribution in [0, 0.1) is 0 Å². The predicted molar refractivity (Wildman–Crippen MR) is 122 cm³/mol. The van der Waals surface area contributed by atoms with Gasteiger partial charge in [-0.25, -0.2) is 4.79 Å². The van der Waals surface area contributed by atoms with Crippen LogP contribution < -0.4 is 14.4 Å². The van der Waals surface area contributed by atoms with Gasteiger partial charge in [0.2, 0.25) is 0 Å². The highest BCUT2D eigenvalue weighted by Gasteiger charge is 2.33. The summed E-state index contributed by atoms with van der Waals surface area (Å²) in [6.45, 7) is 2.03. The zero-order valence-electron chi connectivity index (χ0n) is 16.2. The van der Waals surface area contributed by atoms with E-state index in [2.05, 4.69) is 4.74 Å². The van der Waals surface area contributed by atoms with Crippen LogP contribution >= 0.6 is 35.6 Å². The zero-order chi connectivity index (χ0) is 21.7. The molecule has 156 valence electrons. The summed E-state index contributed by atoms with van der Waals surface area (Å²) < 4.78 is 16.1. The number of thiocarbonyl (C=S) groups is 1. The number of ether oxygens (including phenoxy) is 3. The number of amides is 1. The number of esters is 1. The molecule has 1 aliphatic rings. The molecule has 0 spiro atoms. The third-order valence-electron chi connectivity index (χ3n) is 4.02. The molecule has 6 nitrogen and oxygen atoms in total. The number of methoxy groups -OCH3 is 1. The van der Waals surface area contributed by atoms with Crippen molar-refractivity contribution in [3.63, 3.8) is 0 Å². The molecule has 1 aliphatic heterocycles. The lowest BCUT2D eigenvalue weighted by molar-refractivity contribution is -0.142. The summed E-state index contributed by atoms with van der Waals surface area (Å²) in [7, 11) is 1.29. The highest BCUT2D eigenvalue weighted by molar-refractivity contribution is 8.27. The van der Waals surface area contributed by atoms with E-state index in [1.54, 1.807) is 48.5 Å². The van der Waals surface area contributed by atoms with Crippen LogP contribution in [0.3, 0.4) is 0 Å². The predicted octanol–water partition coefficient (Wildman–Crippen LogP) is 4.70. The van der Waals surface area contributed by atoms with Gasteiger partial charge in [-0.3, -0.25) is 9.69 Å². The number of thioether (sulfide) groups is 1. The molecule has 30 heavy (non-hydrogen) atoms. The molecule has 0 unspecified atom stereocenters. The molecule has 0 aliphatic carbocycles. The molecule has 2 aromatic rings. The van der Waals surface area contributed by atoms with Crippen molar-refractivity contribution in [3.05, 3.63) is 58.0 Å². The maximum atomic E-state index is 12.9. The second kappa shape index (κ2) is 9.97. The van der Waals surface area contributed by atoms with Crippen molar-refractivity contribution in [3.8, 4) is 11.5 Å². The Bertz CT molecular complexity index is 1010. The topological polar surface area (TPSA) is 65.1 Å². The third-order valence-corrected chi connectivity index (χ3v) is 5.57. The van der Waals surface area contributed by atoms with E-state index in [9.17, 15) is 9.59 Å². The van der Waals surface area contributed by atoms with E-state index in [0.717, 1.165) is 5.56 Å². The third kappa shape index (κ3) is 5.13. The number of rotatable bonds is 7. The summed E-state index contributed by atoms with van der Waals surface area (Å²) in [6, 6.07) is 12.1. The van der Waals surface area contributed by atoms with Crippen LogP contribution in [0.15, 0.2) is 47.4 Å². The van der Waals surface area contributed by atoms with Gasteiger partial charge in [-0.05, 0) is 55.0 Å². The first-order valence-electron chi connectivity index (χ1n) is 8.93. The van der Waals surface area contributed by atoms with Gasteiger partial charge in [0, 0.05) is 5.02 Å². The second-order valence-corrected chi connectivity index (χ2v) is 8.11. The molecule has 0 radical (unpaired) electrons. The van der Waals surface area contributed by atoms with E-state index in [4.69, 9.17) is 33.3 Å². The van der Waals surface area contributed by atoms with Crippen molar-refractivity contribution >= 4 is 63.5 Å². The largest absolute Gasteiger partial charge is 0.490 e. The molecule has 0 saturated carbocycles. The quantitative estimate of drug-likeness (QED) is 0.335. The van der Waals surface area contributed by atoms with E-state index in [1.807, 2.05) is 6.92 Å². The number of nitrogens with zero attached hydrogens (tertiary/aromatic N) is 1. The highest BCUT2D eigenvalue weighted by Crippen LogP contribution is 2.37. The van der Waals surface area contributed by atoms with E-state index in [-0.39, 0.29) is 12.5 Å². The molecular formula is C21H18ClNO5S2. The lowest BCUT2D eigenvalue weighted by atomic mass is 10.1. The molecule has 1 heterocycles. The van der Waals surface area contributed by atoms with Crippen LogP contribution in [-0.4, -0.2) is 36.5 Å². The maximum Gasteiger partial charge on any atom is 0.343 e. The average molecular weight is 464 g/mol. The van der Waals surface area contributed by atoms with Crippen molar-refractivity contribution < 1.29 is 23.8 Å². The fourth-order valence-corrected chi connectivity index (χ4v) is 4.05. The normalized spacial score (nSPS) is 14.9. The molecule has 1 saturated heterocycles. The van der Waals surface area contributed by atoms with E-state index in [0.29, 0.717) is 38.0 Å². The van der Waals surface area contributed by atoms with Gasteiger partial charge >= 0.3 is 5.97 Å². The van der Waals surface area contributed by atoms with Gasteiger partial charge in [-0.2, -0.15) is 0 Å². The van der Waals surface area contributed by atoms with Gasteiger partial charge in [0.1, 0.15) is 0 Å². The molecule has 0 aromatic heterocycles. The molecule has 9 heteroatoms. The number of benzene rings is 2. The molecule has 1 amide bonds. The fourth-order valence-electron chi connectivity index (χ4n) is 2.63. The first kappa shape index (κ1) is 22.1. The van der Waals surface area contributed by atoms with Crippen molar-refractivity contribution in [1.29, 1.82) is 0 Å². The van der Waals surface area contributed by atoms with Crippen molar-refractivity contribution in [2.45, 2.75) is 6.92 Å².